The molecule has 0 spiro atoms. The van der Waals surface area contributed by atoms with Crippen LogP contribution in [0.5, 0.6) is 17.2 Å². The Labute approximate surface area is 215 Å². The number of aliphatic hydroxyl groups excluding tert-OH is 1. The third-order valence-corrected chi connectivity index (χ3v) is 6.37. The molecule has 6 N–H and O–H groups in total. The number of aryl methyl sites for hydroxylation is 1. The zero-order valence-electron chi connectivity index (χ0n) is 20.7. The molecule has 1 aromatic heterocycles. The summed E-state index contributed by atoms with van der Waals surface area (Å²) in [6.45, 7) is 2.06. The SMILES string of the molecule is CCCCc1cc(O)c(Cn2cc(CC(O)COC(=O)c3ccc(N)cc3)c3cc(O)ccc32)c(O)c1. The second kappa shape index (κ2) is 11.3. The van der Waals surface area contributed by atoms with Crippen LogP contribution in [0.4, 0.5) is 5.69 Å². The smallest absolute Gasteiger partial charge is 0.338 e. The van der Waals surface area contributed by atoms with Gasteiger partial charge in [0.25, 0.3) is 0 Å². The summed E-state index contributed by atoms with van der Waals surface area (Å²) < 4.78 is 7.10. The van der Waals surface area contributed by atoms with E-state index in [1.54, 1.807) is 60.8 Å². The number of nitrogens with zero attached hydrogens (tertiary/aromatic N) is 1. The maximum absolute atomic E-state index is 12.3. The van der Waals surface area contributed by atoms with E-state index in [2.05, 4.69) is 6.92 Å². The van der Waals surface area contributed by atoms with Crippen LogP contribution in [-0.2, 0) is 24.1 Å². The Kier molecular flexibility index (Phi) is 7.89. The van der Waals surface area contributed by atoms with Crippen LogP contribution < -0.4 is 5.73 Å². The van der Waals surface area contributed by atoms with Crippen LogP contribution in [-0.4, -0.2) is 43.7 Å². The molecule has 0 saturated carbocycles. The number of aromatic nitrogens is 1. The van der Waals surface area contributed by atoms with Gasteiger partial charge in [-0.3, -0.25) is 0 Å². The van der Waals surface area contributed by atoms with Gasteiger partial charge in [0, 0.05) is 29.2 Å². The number of nitrogens with two attached hydrogens (primary N) is 1. The molecule has 0 aliphatic heterocycles. The summed E-state index contributed by atoms with van der Waals surface area (Å²) in [4.78, 5) is 12.3. The van der Waals surface area contributed by atoms with Crippen molar-refractivity contribution in [1.82, 2.24) is 4.57 Å². The number of esters is 1. The topological polar surface area (TPSA) is 138 Å². The number of carbonyl (C=O) groups is 1. The minimum atomic E-state index is -0.987. The number of phenolic OH excluding ortho intramolecular Hbond substituents is 3. The number of nitrogen functional groups attached to an aromatic ring is 1. The first-order chi connectivity index (χ1) is 17.7. The first kappa shape index (κ1) is 25.9. The summed E-state index contributed by atoms with van der Waals surface area (Å²) in [5.41, 5.74) is 9.25. The van der Waals surface area contributed by atoms with Gasteiger partial charge in [0.2, 0.25) is 0 Å². The van der Waals surface area contributed by atoms with Gasteiger partial charge in [-0.15, -0.1) is 0 Å². The van der Waals surface area contributed by atoms with Gasteiger partial charge in [-0.25, -0.2) is 4.79 Å². The fourth-order valence-electron chi connectivity index (χ4n) is 4.40. The lowest BCUT2D eigenvalue weighted by Gasteiger charge is -2.12. The standard InChI is InChI=1S/C29H32N2O6/c1-2-3-4-18-11-27(34)25(28(35)12-18)16-31-15-20(24-14-22(32)9-10-26(24)31)13-23(33)17-37-29(36)19-5-7-21(30)8-6-19/h5-12,14-15,23,32-35H,2-4,13,16-17,30H2,1H3. The number of carbonyl (C=O) groups excluding carboxylic acids is 1. The van der Waals surface area contributed by atoms with Crippen molar-refractivity contribution < 1.29 is 30.0 Å². The molecular weight excluding hydrogens is 472 g/mol. The predicted molar refractivity (Wildman–Crippen MR) is 142 cm³/mol. The quantitative estimate of drug-likeness (QED) is 0.158. The first-order valence-corrected chi connectivity index (χ1v) is 12.3. The van der Waals surface area contributed by atoms with Crippen LogP contribution in [0.25, 0.3) is 10.9 Å². The summed E-state index contributed by atoms with van der Waals surface area (Å²) in [7, 11) is 0. The number of aromatic hydroxyl groups is 3. The summed E-state index contributed by atoms with van der Waals surface area (Å²) in [5.74, 6) is -0.458. The third kappa shape index (κ3) is 6.16. The first-order valence-electron chi connectivity index (χ1n) is 12.3. The molecule has 0 amide bonds. The number of phenols is 3. The van der Waals surface area contributed by atoms with Crippen LogP contribution in [0, 0.1) is 0 Å². The molecule has 4 rings (SSSR count). The number of anilines is 1. The van der Waals surface area contributed by atoms with E-state index in [9.17, 15) is 25.2 Å². The second-order valence-corrected chi connectivity index (χ2v) is 9.28. The van der Waals surface area contributed by atoms with E-state index in [1.165, 1.54) is 0 Å². The largest absolute Gasteiger partial charge is 0.508 e. The number of hydrogen-bond acceptors (Lipinski definition) is 7. The predicted octanol–water partition coefficient (Wildman–Crippen LogP) is 4.49. The molecule has 3 aromatic carbocycles. The number of ether oxygens (including phenoxy) is 1. The molecule has 1 unspecified atom stereocenters. The number of hydrogen-bond donors (Lipinski definition) is 5. The zero-order chi connectivity index (χ0) is 26.5. The Morgan fingerprint density at radius 3 is 2.41 bits per heavy atom. The number of benzene rings is 3. The molecule has 8 nitrogen and oxygen atoms in total. The van der Waals surface area contributed by atoms with Crippen molar-refractivity contribution >= 4 is 22.6 Å². The summed E-state index contributed by atoms with van der Waals surface area (Å²) in [6, 6.07) is 14.6. The van der Waals surface area contributed by atoms with Gasteiger partial charge in [-0.05, 0) is 78.6 Å². The van der Waals surface area contributed by atoms with E-state index in [-0.39, 0.29) is 36.8 Å². The highest BCUT2D eigenvalue weighted by atomic mass is 16.5. The van der Waals surface area contributed by atoms with E-state index in [0.717, 1.165) is 35.9 Å². The lowest BCUT2D eigenvalue weighted by Crippen LogP contribution is -2.21. The van der Waals surface area contributed by atoms with Gasteiger partial charge in [-0.1, -0.05) is 13.3 Å². The van der Waals surface area contributed by atoms with Crippen molar-refractivity contribution in [1.29, 1.82) is 0 Å². The molecule has 8 heteroatoms. The van der Waals surface area contributed by atoms with Crippen LogP contribution in [0.3, 0.4) is 0 Å². The maximum atomic E-state index is 12.3. The molecule has 0 saturated heterocycles. The monoisotopic (exact) mass is 504 g/mol. The summed E-state index contributed by atoms with van der Waals surface area (Å²) >= 11 is 0. The van der Waals surface area contributed by atoms with Crippen molar-refractivity contribution in [3.8, 4) is 17.2 Å². The Morgan fingerprint density at radius 1 is 1.03 bits per heavy atom. The molecule has 0 bridgehead atoms. The van der Waals surface area contributed by atoms with E-state index < -0.39 is 12.1 Å². The fraction of sp³-hybridized carbons (Fsp3) is 0.276. The Balaban J connectivity index is 1.52. The van der Waals surface area contributed by atoms with Crippen molar-refractivity contribution in [2.75, 3.05) is 12.3 Å². The summed E-state index contributed by atoms with van der Waals surface area (Å²) in [5, 5.41) is 42.6. The number of fused-ring (bicyclic) bond motifs is 1. The lowest BCUT2D eigenvalue weighted by molar-refractivity contribution is 0.0259. The Morgan fingerprint density at radius 2 is 1.73 bits per heavy atom. The van der Waals surface area contributed by atoms with Gasteiger partial charge in [0.05, 0.1) is 23.8 Å². The van der Waals surface area contributed by atoms with Crippen molar-refractivity contribution in [2.45, 2.75) is 45.3 Å². The highest BCUT2D eigenvalue weighted by molar-refractivity contribution is 5.89. The number of aliphatic hydroxyl groups is 1. The van der Waals surface area contributed by atoms with Crippen molar-refractivity contribution in [3.63, 3.8) is 0 Å². The molecule has 37 heavy (non-hydrogen) atoms. The van der Waals surface area contributed by atoms with Crippen molar-refractivity contribution in [3.05, 3.63) is 83.0 Å². The maximum Gasteiger partial charge on any atom is 0.338 e. The highest BCUT2D eigenvalue weighted by Gasteiger charge is 2.18. The second-order valence-electron chi connectivity index (χ2n) is 9.28. The van der Waals surface area contributed by atoms with Gasteiger partial charge >= 0.3 is 5.97 Å². The molecule has 0 radical (unpaired) electrons. The van der Waals surface area contributed by atoms with Crippen LogP contribution in [0.2, 0.25) is 0 Å². The molecule has 1 heterocycles. The van der Waals surface area contributed by atoms with Crippen molar-refractivity contribution in [2.24, 2.45) is 0 Å². The fourth-order valence-corrected chi connectivity index (χ4v) is 4.40. The van der Waals surface area contributed by atoms with Gasteiger partial charge in [-0.2, -0.15) is 0 Å². The lowest BCUT2D eigenvalue weighted by atomic mass is 10.0. The average molecular weight is 505 g/mol. The molecule has 0 fully saturated rings. The zero-order valence-corrected chi connectivity index (χ0v) is 20.7. The van der Waals surface area contributed by atoms with E-state index >= 15 is 0 Å². The van der Waals surface area contributed by atoms with Crippen LogP contribution in [0.15, 0.2) is 60.8 Å². The molecule has 1 atom stereocenters. The van der Waals surface area contributed by atoms with E-state index in [4.69, 9.17) is 10.5 Å². The molecular formula is C29H32N2O6. The van der Waals surface area contributed by atoms with E-state index in [0.29, 0.717) is 22.2 Å². The Bertz CT molecular complexity index is 1370. The molecule has 194 valence electrons. The molecule has 0 aliphatic carbocycles. The summed E-state index contributed by atoms with van der Waals surface area (Å²) in [6.07, 6.45) is 3.73. The molecule has 4 aromatic rings. The average Bonchev–Trinajstić information content (AvgIpc) is 3.19. The highest BCUT2D eigenvalue weighted by Crippen LogP contribution is 2.33. The normalized spacial score (nSPS) is 12.1. The van der Waals surface area contributed by atoms with E-state index in [1.807, 2.05) is 4.57 Å². The minimum absolute atomic E-state index is 0.0166. The van der Waals surface area contributed by atoms with Gasteiger partial charge in [0.15, 0.2) is 0 Å². The van der Waals surface area contributed by atoms with Gasteiger partial charge < -0.3 is 35.5 Å². The number of rotatable bonds is 10. The van der Waals surface area contributed by atoms with Crippen LogP contribution in [0.1, 0.15) is 46.8 Å². The number of unbranched alkanes of at least 4 members (excludes halogenated alkanes) is 1. The van der Waals surface area contributed by atoms with Crippen LogP contribution >= 0.6 is 0 Å². The molecule has 0 aliphatic rings. The third-order valence-electron chi connectivity index (χ3n) is 6.37. The Hall–Kier alpha value is -4.17. The van der Waals surface area contributed by atoms with Gasteiger partial charge in [0.1, 0.15) is 23.9 Å². The minimum Gasteiger partial charge on any atom is -0.508 e.